The number of fused-ring (bicyclic) bond motifs is 18. The third-order valence-corrected chi connectivity index (χ3v) is 11.4. The van der Waals surface area contributed by atoms with E-state index in [4.69, 9.17) is 15.0 Å². The van der Waals surface area contributed by atoms with Crippen molar-refractivity contribution in [2.75, 3.05) is 0 Å². The summed E-state index contributed by atoms with van der Waals surface area (Å²) >= 11 is 0. The molecule has 1 spiro atoms. The van der Waals surface area contributed by atoms with Crippen LogP contribution in [-0.4, -0.2) is 19.4 Å². The van der Waals surface area contributed by atoms with E-state index in [9.17, 15) is 0 Å². The van der Waals surface area contributed by atoms with Crippen LogP contribution in [0, 0.1) is 0 Å². The van der Waals surface area contributed by atoms with Gasteiger partial charge in [-0.25, -0.2) is 15.0 Å². The molecule has 0 N–H and O–H groups in total. The van der Waals surface area contributed by atoms with Crippen molar-refractivity contribution in [3.8, 4) is 44.9 Å². The highest BCUT2D eigenvalue weighted by Crippen LogP contribution is 2.63. The number of pyridine rings is 1. The Morgan fingerprint density at radius 2 is 1.00 bits per heavy atom. The molecule has 12 rings (SSSR count). The van der Waals surface area contributed by atoms with Crippen molar-refractivity contribution in [2.45, 2.75) is 5.41 Å². The van der Waals surface area contributed by atoms with Gasteiger partial charge in [-0.3, -0.25) is 4.40 Å². The lowest BCUT2D eigenvalue weighted by molar-refractivity contribution is 0.794. The molecule has 7 aromatic carbocycles. The zero-order valence-corrected chi connectivity index (χ0v) is 28.0. The van der Waals surface area contributed by atoms with Crippen LogP contribution in [0.25, 0.3) is 83.4 Å². The summed E-state index contributed by atoms with van der Waals surface area (Å²) in [7, 11) is 0. The Balaban J connectivity index is 1.21. The van der Waals surface area contributed by atoms with Crippen LogP contribution < -0.4 is 0 Å². The molecule has 0 radical (unpaired) electrons. The highest BCUT2D eigenvalue weighted by molar-refractivity contribution is 6.17. The van der Waals surface area contributed by atoms with Gasteiger partial charge in [-0.05, 0) is 68.8 Å². The van der Waals surface area contributed by atoms with Gasteiger partial charge in [0.2, 0.25) is 0 Å². The number of hydrogen-bond acceptors (Lipinski definition) is 3. The maximum atomic E-state index is 5.49. The second-order valence-corrected chi connectivity index (χ2v) is 13.9. The lowest BCUT2D eigenvalue weighted by Crippen LogP contribution is -2.25. The molecular formula is C48H28N4. The lowest BCUT2D eigenvalue weighted by Gasteiger charge is -2.30. The molecule has 0 bridgehead atoms. The van der Waals surface area contributed by atoms with E-state index >= 15 is 0 Å². The van der Waals surface area contributed by atoms with Gasteiger partial charge in [0.1, 0.15) is 5.52 Å². The van der Waals surface area contributed by atoms with Crippen LogP contribution in [0.4, 0.5) is 0 Å². The van der Waals surface area contributed by atoms with Crippen molar-refractivity contribution in [3.63, 3.8) is 0 Å². The molecule has 3 heterocycles. The van der Waals surface area contributed by atoms with Crippen molar-refractivity contribution in [1.82, 2.24) is 19.4 Å². The number of rotatable bonds is 2. The number of hydrogen-bond donors (Lipinski definition) is 0. The van der Waals surface area contributed by atoms with E-state index in [1.165, 1.54) is 44.5 Å². The molecule has 3 aromatic heterocycles. The third kappa shape index (κ3) is 3.43. The summed E-state index contributed by atoms with van der Waals surface area (Å²) in [5, 5.41) is 2.11. The molecule has 0 atom stereocenters. The standard InChI is InChI=1S/C48H28N4/c1-2-14-29(15-3-1)44-43-35-19-7-12-24-41(35)52-42-25-13-11-23-40(42)49-47(52)45(43)51-46(50-44)30-26-27-34-33-18-6-10-22-38(33)48(39(34)28-30)36-20-8-4-16-31(36)32-17-5-9-21-37(32)48/h1-28H. The Kier molecular flexibility index (Phi) is 5.40. The fourth-order valence-corrected chi connectivity index (χ4v) is 9.35. The van der Waals surface area contributed by atoms with E-state index < -0.39 is 5.41 Å². The molecule has 0 unspecified atom stereocenters. The molecule has 0 saturated carbocycles. The zero-order chi connectivity index (χ0) is 34.0. The van der Waals surface area contributed by atoms with Crippen molar-refractivity contribution in [3.05, 3.63) is 192 Å². The maximum absolute atomic E-state index is 5.49. The van der Waals surface area contributed by atoms with E-state index in [1.54, 1.807) is 0 Å². The Morgan fingerprint density at radius 3 is 1.71 bits per heavy atom. The van der Waals surface area contributed by atoms with Gasteiger partial charge in [-0.2, -0.15) is 0 Å². The van der Waals surface area contributed by atoms with Gasteiger partial charge >= 0.3 is 0 Å². The summed E-state index contributed by atoms with van der Waals surface area (Å²) in [5.41, 5.74) is 17.6. The van der Waals surface area contributed by atoms with E-state index in [2.05, 4.69) is 168 Å². The monoisotopic (exact) mass is 660 g/mol. The van der Waals surface area contributed by atoms with Gasteiger partial charge in [0.05, 0.1) is 27.7 Å². The van der Waals surface area contributed by atoms with Crippen LogP contribution in [0.2, 0.25) is 0 Å². The van der Waals surface area contributed by atoms with E-state index in [0.717, 1.165) is 55.3 Å². The number of nitrogens with zero attached hydrogens (tertiary/aromatic N) is 4. The molecule has 4 heteroatoms. The molecule has 240 valence electrons. The quantitative estimate of drug-likeness (QED) is 0.173. The van der Waals surface area contributed by atoms with Crippen LogP contribution >= 0.6 is 0 Å². The van der Waals surface area contributed by atoms with Gasteiger partial charge in [0.25, 0.3) is 0 Å². The first-order valence-corrected chi connectivity index (χ1v) is 17.8. The van der Waals surface area contributed by atoms with Gasteiger partial charge in [0, 0.05) is 21.9 Å². The molecule has 52 heavy (non-hydrogen) atoms. The van der Waals surface area contributed by atoms with Gasteiger partial charge in [-0.15, -0.1) is 0 Å². The summed E-state index contributed by atoms with van der Waals surface area (Å²) in [6, 6.07) is 61.1. The van der Waals surface area contributed by atoms with Crippen molar-refractivity contribution in [1.29, 1.82) is 0 Å². The van der Waals surface area contributed by atoms with Crippen LogP contribution in [0.15, 0.2) is 170 Å². The van der Waals surface area contributed by atoms with Crippen molar-refractivity contribution in [2.24, 2.45) is 0 Å². The fourth-order valence-electron chi connectivity index (χ4n) is 9.35. The smallest absolute Gasteiger partial charge is 0.165 e. The minimum atomic E-state index is -0.446. The Labute approximate surface area is 299 Å². The highest BCUT2D eigenvalue weighted by Gasteiger charge is 2.51. The molecule has 4 nitrogen and oxygen atoms in total. The second-order valence-electron chi connectivity index (χ2n) is 13.9. The van der Waals surface area contributed by atoms with Crippen LogP contribution in [0.3, 0.4) is 0 Å². The number of para-hydroxylation sites is 3. The van der Waals surface area contributed by atoms with Crippen LogP contribution in [-0.2, 0) is 5.41 Å². The van der Waals surface area contributed by atoms with Crippen molar-refractivity contribution < 1.29 is 0 Å². The molecule has 0 saturated heterocycles. The summed E-state index contributed by atoms with van der Waals surface area (Å²) in [5.74, 6) is 0.684. The second kappa shape index (κ2) is 10.1. The summed E-state index contributed by atoms with van der Waals surface area (Å²) in [6.45, 7) is 0. The predicted octanol–water partition coefficient (Wildman–Crippen LogP) is 11.3. The van der Waals surface area contributed by atoms with E-state index in [-0.39, 0.29) is 0 Å². The number of aromatic nitrogens is 4. The topological polar surface area (TPSA) is 43.1 Å². The highest BCUT2D eigenvalue weighted by atomic mass is 15.0. The van der Waals surface area contributed by atoms with E-state index in [0.29, 0.717) is 5.82 Å². The zero-order valence-electron chi connectivity index (χ0n) is 28.0. The number of benzene rings is 7. The number of imidazole rings is 1. The first-order chi connectivity index (χ1) is 25.8. The molecule has 2 aliphatic carbocycles. The SMILES string of the molecule is c1ccc(-c2nc(-c3ccc4c(c3)C3(c5ccccc5-c5ccccc53)c3ccccc3-4)nc3c2c2ccccc2n2c4ccccc4nc32)cc1. The van der Waals surface area contributed by atoms with Gasteiger partial charge in [-0.1, -0.05) is 146 Å². The van der Waals surface area contributed by atoms with Gasteiger partial charge in [0.15, 0.2) is 11.5 Å². The van der Waals surface area contributed by atoms with Gasteiger partial charge < -0.3 is 0 Å². The molecular weight excluding hydrogens is 633 g/mol. The Morgan fingerprint density at radius 1 is 0.423 bits per heavy atom. The normalized spacial score (nSPS) is 13.5. The first kappa shape index (κ1) is 27.9. The summed E-state index contributed by atoms with van der Waals surface area (Å²) in [4.78, 5) is 16.2. The van der Waals surface area contributed by atoms with Crippen LogP contribution in [0.5, 0.6) is 0 Å². The molecule has 10 aromatic rings. The fraction of sp³-hybridized carbons (Fsp3) is 0.0208. The lowest BCUT2D eigenvalue weighted by atomic mass is 9.70. The summed E-state index contributed by atoms with van der Waals surface area (Å²) in [6.07, 6.45) is 0. The average molecular weight is 661 g/mol. The minimum Gasteiger partial charge on any atom is -0.290 e. The summed E-state index contributed by atoms with van der Waals surface area (Å²) < 4.78 is 2.26. The first-order valence-electron chi connectivity index (χ1n) is 17.8. The van der Waals surface area contributed by atoms with E-state index in [1.807, 2.05) is 6.07 Å². The Bertz CT molecular complexity index is 3070. The molecule has 0 amide bonds. The predicted molar refractivity (Wildman–Crippen MR) is 210 cm³/mol. The molecule has 2 aliphatic rings. The molecule has 0 fully saturated rings. The largest absolute Gasteiger partial charge is 0.290 e. The molecule has 0 aliphatic heterocycles. The minimum absolute atomic E-state index is 0.446. The Hall–Kier alpha value is -6.91. The van der Waals surface area contributed by atoms with Crippen LogP contribution in [0.1, 0.15) is 22.3 Å². The van der Waals surface area contributed by atoms with Crippen molar-refractivity contribution >= 4 is 38.5 Å². The third-order valence-electron chi connectivity index (χ3n) is 11.4. The average Bonchev–Trinajstić information content (AvgIpc) is 3.85. The maximum Gasteiger partial charge on any atom is 0.165 e.